The minimum absolute atomic E-state index is 0.0394. The summed E-state index contributed by atoms with van der Waals surface area (Å²) in [6.07, 6.45) is 6.35. The van der Waals surface area contributed by atoms with Crippen LogP contribution in [0.2, 0.25) is 5.02 Å². The van der Waals surface area contributed by atoms with Crippen LogP contribution < -0.4 is 9.64 Å². The summed E-state index contributed by atoms with van der Waals surface area (Å²) in [5.41, 5.74) is 0.809. The van der Waals surface area contributed by atoms with E-state index in [1.165, 1.54) is 26.0 Å². The molecule has 2 aromatic heterocycles. The van der Waals surface area contributed by atoms with E-state index in [2.05, 4.69) is 26.4 Å². The fraction of sp³-hybridized carbons (Fsp3) is 0.429. The van der Waals surface area contributed by atoms with E-state index in [9.17, 15) is 9.18 Å². The zero-order chi connectivity index (χ0) is 33.1. The Bertz CT molecular complexity index is 1760. The van der Waals surface area contributed by atoms with Crippen LogP contribution in [0.4, 0.5) is 14.6 Å². The molecule has 0 spiro atoms. The van der Waals surface area contributed by atoms with Crippen molar-refractivity contribution < 1.29 is 23.0 Å². The molecule has 12 heteroatoms. The number of rotatable bonds is 7. The molecule has 3 aliphatic rings. The average molecular weight is 665 g/mol. The van der Waals surface area contributed by atoms with Crippen LogP contribution in [0.25, 0.3) is 32.9 Å². The fourth-order valence-electron chi connectivity index (χ4n) is 7.02. The van der Waals surface area contributed by atoms with Crippen LogP contribution >= 0.6 is 11.6 Å². The second kappa shape index (κ2) is 14.5. The molecule has 4 aromatic rings. The smallest absolute Gasteiger partial charge is 0.318 e. The van der Waals surface area contributed by atoms with Crippen LogP contribution in [0.15, 0.2) is 55.3 Å². The number of amides is 1. The van der Waals surface area contributed by atoms with Crippen LogP contribution in [-0.4, -0.2) is 102 Å². The first-order valence-corrected chi connectivity index (χ1v) is 16.3. The van der Waals surface area contributed by atoms with Crippen molar-refractivity contribution in [1.82, 2.24) is 24.8 Å². The Labute approximate surface area is 278 Å². The van der Waals surface area contributed by atoms with Gasteiger partial charge < -0.3 is 19.3 Å². The number of aromatic nitrogens is 3. The Balaban J connectivity index is 0.000000366. The van der Waals surface area contributed by atoms with E-state index in [4.69, 9.17) is 21.1 Å². The van der Waals surface area contributed by atoms with E-state index in [1.54, 1.807) is 30.3 Å². The zero-order valence-corrected chi connectivity index (χ0v) is 27.4. The number of hydrogen-bond donors (Lipinski definition) is 0. The predicted molar refractivity (Wildman–Crippen MR) is 180 cm³/mol. The molecule has 2 aromatic carbocycles. The van der Waals surface area contributed by atoms with Gasteiger partial charge in [0.05, 0.1) is 18.5 Å². The molecule has 47 heavy (non-hydrogen) atoms. The molecule has 0 radical (unpaired) electrons. The van der Waals surface area contributed by atoms with Gasteiger partial charge in [-0.2, -0.15) is 9.97 Å². The lowest BCUT2D eigenvalue weighted by Gasteiger charge is -2.41. The van der Waals surface area contributed by atoms with E-state index in [-0.39, 0.29) is 29.2 Å². The van der Waals surface area contributed by atoms with Gasteiger partial charge in [-0.1, -0.05) is 48.5 Å². The lowest BCUT2D eigenvalue weighted by Crippen LogP contribution is -2.55. The van der Waals surface area contributed by atoms with E-state index < -0.39 is 12.0 Å². The highest BCUT2D eigenvalue weighted by atomic mass is 35.5. The molecule has 0 bridgehead atoms. The molecule has 3 saturated heterocycles. The molecule has 7 rings (SSSR count). The van der Waals surface area contributed by atoms with Gasteiger partial charge in [0.1, 0.15) is 23.2 Å². The maximum atomic E-state index is 16.2. The lowest BCUT2D eigenvalue weighted by atomic mass is 10.0. The Hall–Kier alpha value is -3.93. The van der Waals surface area contributed by atoms with Crippen molar-refractivity contribution in [2.75, 3.05) is 58.5 Å². The van der Waals surface area contributed by atoms with Gasteiger partial charge in [-0.15, -0.1) is 0 Å². The summed E-state index contributed by atoms with van der Waals surface area (Å²) in [5.74, 6) is -0.232. The van der Waals surface area contributed by atoms with Crippen molar-refractivity contribution in [3.05, 3.63) is 66.1 Å². The topological polar surface area (TPSA) is 83.9 Å². The highest BCUT2D eigenvalue weighted by Crippen LogP contribution is 2.37. The Kier molecular flexibility index (Phi) is 10.1. The molecule has 0 N–H and O–H groups in total. The van der Waals surface area contributed by atoms with Crippen LogP contribution in [0, 0.1) is 5.82 Å². The van der Waals surface area contributed by atoms with Crippen LogP contribution in [0.1, 0.15) is 25.7 Å². The van der Waals surface area contributed by atoms with Crippen LogP contribution in [0.5, 0.6) is 6.01 Å². The summed E-state index contributed by atoms with van der Waals surface area (Å²) in [4.78, 5) is 32.0. The Morgan fingerprint density at radius 3 is 2.68 bits per heavy atom. The molecule has 3 fully saturated rings. The molecule has 1 amide bonds. The number of fused-ring (bicyclic) bond motifs is 3. The summed E-state index contributed by atoms with van der Waals surface area (Å²) in [7, 11) is 3.07. The number of halogens is 3. The fourth-order valence-corrected chi connectivity index (χ4v) is 7.30. The highest BCUT2D eigenvalue weighted by molar-refractivity contribution is 6.36. The number of methoxy groups -OCH3 is 2. The van der Waals surface area contributed by atoms with Gasteiger partial charge in [-0.05, 0) is 49.8 Å². The molecule has 3 unspecified atom stereocenters. The molecule has 9 nitrogen and oxygen atoms in total. The number of piperazine rings is 1. The maximum Gasteiger partial charge on any atom is 0.318 e. The van der Waals surface area contributed by atoms with E-state index in [0.717, 1.165) is 18.4 Å². The summed E-state index contributed by atoms with van der Waals surface area (Å²) in [6, 6.07) is 11.6. The van der Waals surface area contributed by atoms with Gasteiger partial charge in [0, 0.05) is 68.1 Å². The van der Waals surface area contributed by atoms with E-state index in [1.807, 2.05) is 29.2 Å². The zero-order valence-electron chi connectivity index (χ0n) is 26.7. The predicted octanol–water partition coefficient (Wildman–Crippen LogP) is 6.08. The first-order chi connectivity index (χ1) is 22.8. The average Bonchev–Trinajstić information content (AvgIpc) is 3.68. The number of nitrogens with zero attached hydrogens (tertiary/aromatic N) is 6. The quantitative estimate of drug-likeness (QED) is 0.220. The van der Waals surface area contributed by atoms with Crippen LogP contribution in [-0.2, 0) is 9.53 Å². The normalized spacial score (nSPS) is 21.1. The van der Waals surface area contributed by atoms with Gasteiger partial charge >= 0.3 is 6.01 Å². The summed E-state index contributed by atoms with van der Waals surface area (Å²) in [6.45, 7) is 7.38. The van der Waals surface area contributed by atoms with Crippen molar-refractivity contribution in [3.63, 3.8) is 0 Å². The SMILES string of the molecule is C=CC(=O)N1CCN(c2nc(OC)nc3c(F)c(-c4cccc5cccc(Cl)c45)ncc23)CC1CCOC.FC1CC2CCCN2C1. The van der Waals surface area contributed by atoms with Crippen LogP contribution in [0.3, 0.4) is 0 Å². The third-order valence-electron chi connectivity index (χ3n) is 9.29. The summed E-state index contributed by atoms with van der Waals surface area (Å²) < 4.78 is 39.4. The van der Waals surface area contributed by atoms with Gasteiger partial charge in [-0.3, -0.25) is 14.7 Å². The molecule has 3 aliphatic heterocycles. The number of alkyl halides is 1. The van der Waals surface area contributed by atoms with Crippen molar-refractivity contribution in [1.29, 1.82) is 0 Å². The Morgan fingerprint density at radius 2 is 1.94 bits per heavy atom. The number of anilines is 1. The number of hydrogen-bond acceptors (Lipinski definition) is 8. The molecule has 0 saturated carbocycles. The van der Waals surface area contributed by atoms with E-state index >= 15 is 4.39 Å². The van der Waals surface area contributed by atoms with Crippen molar-refractivity contribution in [2.24, 2.45) is 0 Å². The largest absolute Gasteiger partial charge is 0.467 e. The molecular formula is C35H39ClF2N6O3. The molecule has 5 heterocycles. The number of pyridine rings is 1. The molecule has 3 atom stereocenters. The second-order valence-corrected chi connectivity index (χ2v) is 12.5. The number of carbonyl (C=O) groups is 1. The maximum absolute atomic E-state index is 16.2. The summed E-state index contributed by atoms with van der Waals surface area (Å²) >= 11 is 6.51. The third kappa shape index (κ3) is 6.75. The number of carbonyl (C=O) groups excluding carboxylic acids is 1. The molecule has 248 valence electrons. The van der Waals surface area contributed by atoms with Crippen molar-refractivity contribution >= 4 is 45.0 Å². The first-order valence-electron chi connectivity index (χ1n) is 16.0. The summed E-state index contributed by atoms with van der Waals surface area (Å²) in [5, 5.41) is 2.56. The van der Waals surface area contributed by atoms with Crippen molar-refractivity contribution in [2.45, 2.75) is 43.9 Å². The first kappa shape index (κ1) is 33.0. The van der Waals surface area contributed by atoms with Gasteiger partial charge in [0.25, 0.3) is 0 Å². The second-order valence-electron chi connectivity index (χ2n) is 12.1. The third-order valence-corrected chi connectivity index (χ3v) is 9.60. The lowest BCUT2D eigenvalue weighted by molar-refractivity contribution is -0.129. The number of benzene rings is 2. The minimum Gasteiger partial charge on any atom is -0.467 e. The van der Waals surface area contributed by atoms with Crippen molar-refractivity contribution in [3.8, 4) is 17.3 Å². The van der Waals surface area contributed by atoms with Gasteiger partial charge in [0.15, 0.2) is 5.82 Å². The molecular weight excluding hydrogens is 626 g/mol. The monoisotopic (exact) mass is 664 g/mol. The standard InChI is InChI=1S/C28H27ClFN5O3.C7H12FN/c1-4-22(36)35-13-12-34(16-18(35)11-14-37-2)27-20-15-31-25(24(30)26(20)32-28(33-27)38-3)19-9-5-7-17-8-6-10-21(29)23(17)19;8-6-4-7-2-1-3-9(7)5-6/h4-10,15,18H,1,11-14,16H2,2-3H3;6-7H,1-5H2. The number of ether oxygens (including phenoxy) is 2. The van der Waals surface area contributed by atoms with Gasteiger partial charge in [-0.25, -0.2) is 8.78 Å². The van der Waals surface area contributed by atoms with Gasteiger partial charge in [0.2, 0.25) is 5.91 Å². The Morgan fingerprint density at radius 1 is 1.13 bits per heavy atom. The molecule has 0 aliphatic carbocycles. The minimum atomic E-state index is -0.590. The highest BCUT2D eigenvalue weighted by Gasteiger charge is 2.35. The van der Waals surface area contributed by atoms with E-state index in [0.29, 0.717) is 72.4 Å².